The number of aliphatic imine (C=N–C) groups is 1. The fourth-order valence-corrected chi connectivity index (χ4v) is 3.51. The second kappa shape index (κ2) is 8.59. The SMILES string of the molecule is C/C(=N/c1oc(-c2ccccc2)c(-c2ccccc2)c1C#N)c1ccc(Cl)c(Cl)c1. The first-order valence-corrected chi connectivity index (χ1v) is 10.0. The van der Waals surface area contributed by atoms with Gasteiger partial charge in [0.2, 0.25) is 5.88 Å². The standard InChI is InChI=1S/C25H16Cl2N2O/c1-16(19-12-13-21(26)22(27)14-19)29-25-20(15-28)23(17-8-4-2-5-9-17)24(30-25)18-10-6-3-7-11-18/h2-14H,1H3/b29-16-. The summed E-state index contributed by atoms with van der Waals surface area (Å²) in [5.74, 6) is 0.873. The van der Waals surface area contributed by atoms with Gasteiger partial charge >= 0.3 is 0 Å². The Morgan fingerprint density at radius 3 is 2.10 bits per heavy atom. The second-order valence-electron chi connectivity index (χ2n) is 6.66. The Morgan fingerprint density at radius 1 is 0.867 bits per heavy atom. The molecule has 0 atom stereocenters. The summed E-state index contributed by atoms with van der Waals surface area (Å²) in [6.07, 6.45) is 0. The highest BCUT2D eigenvalue weighted by atomic mass is 35.5. The molecule has 3 nitrogen and oxygen atoms in total. The molecule has 30 heavy (non-hydrogen) atoms. The third-order valence-electron chi connectivity index (χ3n) is 4.71. The van der Waals surface area contributed by atoms with E-state index in [2.05, 4.69) is 11.1 Å². The Labute approximate surface area is 184 Å². The third-order valence-corrected chi connectivity index (χ3v) is 5.45. The van der Waals surface area contributed by atoms with E-state index in [1.54, 1.807) is 12.1 Å². The lowest BCUT2D eigenvalue weighted by Crippen LogP contribution is -1.94. The minimum atomic E-state index is 0.263. The predicted molar refractivity (Wildman–Crippen MR) is 123 cm³/mol. The van der Waals surface area contributed by atoms with Gasteiger partial charge in [-0.15, -0.1) is 0 Å². The predicted octanol–water partition coefficient (Wildman–Crippen LogP) is 7.93. The molecule has 1 aromatic heterocycles. The molecule has 3 aromatic carbocycles. The normalized spacial score (nSPS) is 11.3. The van der Waals surface area contributed by atoms with E-state index in [1.165, 1.54) is 0 Å². The molecule has 0 aliphatic heterocycles. The average Bonchev–Trinajstić information content (AvgIpc) is 3.15. The molecule has 0 aliphatic rings. The third kappa shape index (κ3) is 3.89. The van der Waals surface area contributed by atoms with Crippen LogP contribution < -0.4 is 0 Å². The minimum Gasteiger partial charge on any atom is -0.436 e. The number of hydrogen-bond acceptors (Lipinski definition) is 3. The van der Waals surface area contributed by atoms with Gasteiger partial charge in [0.05, 0.1) is 10.0 Å². The molecule has 0 bridgehead atoms. The van der Waals surface area contributed by atoms with Crippen LogP contribution in [0.3, 0.4) is 0 Å². The first kappa shape index (κ1) is 20.0. The van der Waals surface area contributed by atoms with Crippen molar-refractivity contribution in [3.05, 3.63) is 100 Å². The second-order valence-corrected chi connectivity index (χ2v) is 7.47. The first-order chi connectivity index (χ1) is 14.6. The van der Waals surface area contributed by atoms with Crippen LogP contribution in [0.1, 0.15) is 18.1 Å². The smallest absolute Gasteiger partial charge is 0.238 e. The van der Waals surface area contributed by atoms with Crippen LogP contribution in [0.15, 0.2) is 88.3 Å². The van der Waals surface area contributed by atoms with Crippen LogP contribution in [0.2, 0.25) is 10.0 Å². The van der Waals surface area contributed by atoms with Crippen molar-refractivity contribution in [2.24, 2.45) is 4.99 Å². The van der Waals surface area contributed by atoms with Crippen LogP contribution in [0, 0.1) is 11.3 Å². The molecule has 0 unspecified atom stereocenters. The summed E-state index contributed by atoms with van der Waals surface area (Å²) < 4.78 is 6.15. The summed E-state index contributed by atoms with van der Waals surface area (Å²) in [6, 6.07) is 27.0. The molecule has 4 aromatic rings. The molecule has 1 heterocycles. The van der Waals surface area contributed by atoms with Crippen LogP contribution in [0.25, 0.3) is 22.5 Å². The maximum atomic E-state index is 9.97. The number of furan rings is 1. The van der Waals surface area contributed by atoms with Gasteiger partial charge < -0.3 is 4.42 Å². The molecule has 0 aliphatic carbocycles. The van der Waals surface area contributed by atoms with E-state index < -0.39 is 0 Å². The van der Waals surface area contributed by atoms with E-state index in [1.807, 2.05) is 73.7 Å². The van der Waals surface area contributed by atoms with E-state index >= 15 is 0 Å². The van der Waals surface area contributed by atoms with Crippen molar-refractivity contribution >= 4 is 34.8 Å². The molecule has 4 rings (SSSR count). The number of nitriles is 1. The zero-order valence-corrected chi connectivity index (χ0v) is 17.6. The molecule has 146 valence electrons. The van der Waals surface area contributed by atoms with Crippen LogP contribution in [0.5, 0.6) is 0 Å². The summed E-state index contributed by atoms with van der Waals surface area (Å²) in [5.41, 5.74) is 4.35. The maximum absolute atomic E-state index is 9.97. The van der Waals surface area contributed by atoms with Gasteiger partial charge in [-0.3, -0.25) is 0 Å². The number of halogens is 2. The minimum absolute atomic E-state index is 0.263. The summed E-state index contributed by atoms with van der Waals surface area (Å²) in [6.45, 7) is 1.84. The van der Waals surface area contributed by atoms with E-state index in [4.69, 9.17) is 27.6 Å². The highest BCUT2D eigenvalue weighted by Gasteiger charge is 2.23. The van der Waals surface area contributed by atoms with E-state index in [0.29, 0.717) is 27.1 Å². The Bertz CT molecular complexity index is 1270. The zero-order chi connectivity index (χ0) is 21.1. The van der Waals surface area contributed by atoms with Gasteiger partial charge in [0.25, 0.3) is 0 Å². The van der Waals surface area contributed by atoms with Crippen molar-refractivity contribution in [2.45, 2.75) is 6.92 Å². The number of nitrogens with zero attached hydrogens (tertiary/aromatic N) is 2. The Kier molecular flexibility index (Phi) is 5.72. The summed E-state index contributed by atoms with van der Waals surface area (Å²) in [5, 5.41) is 10.9. The summed E-state index contributed by atoms with van der Waals surface area (Å²) in [4.78, 5) is 4.63. The quantitative estimate of drug-likeness (QED) is 0.308. The van der Waals surface area contributed by atoms with Crippen molar-refractivity contribution in [3.63, 3.8) is 0 Å². The van der Waals surface area contributed by atoms with Crippen molar-refractivity contribution in [1.29, 1.82) is 5.26 Å². The van der Waals surface area contributed by atoms with E-state index in [0.717, 1.165) is 22.3 Å². The first-order valence-electron chi connectivity index (χ1n) is 9.27. The summed E-state index contributed by atoms with van der Waals surface area (Å²) >= 11 is 12.2. The van der Waals surface area contributed by atoms with Gasteiger partial charge in [-0.25, -0.2) is 4.99 Å². The lowest BCUT2D eigenvalue weighted by molar-refractivity contribution is 0.592. The van der Waals surface area contributed by atoms with Gasteiger partial charge in [0.1, 0.15) is 17.4 Å². The summed E-state index contributed by atoms with van der Waals surface area (Å²) in [7, 11) is 0. The molecule has 5 heteroatoms. The van der Waals surface area contributed by atoms with Crippen molar-refractivity contribution in [1.82, 2.24) is 0 Å². The van der Waals surface area contributed by atoms with Crippen molar-refractivity contribution < 1.29 is 4.42 Å². The maximum Gasteiger partial charge on any atom is 0.238 e. The average molecular weight is 431 g/mol. The van der Waals surface area contributed by atoms with Crippen LogP contribution in [-0.2, 0) is 0 Å². The van der Waals surface area contributed by atoms with Crippen molar-refractivity contribution in [3.8, 4) is 28.5 Å². The Morgan fingerprint density at radius 2 is 1.50 bits per heavy atom. The van der Waals surface area contributed by atoms with Gasteiger partial charge in [-0.05, 0) is 30.2 Å². The highest BCUT2D eigenvalue weighted by molar-refractivity contribution is 6.42. The monoisotopic (exact) mass is 430 g/mol. The molecule has 0 N–H and O–H groups in total. The Balaban J connectivity index is 1.92. The topological polar surface area (TPSA) is 49.3 Å². The molecule has 0 saturated carbocycles. The van der Waals surface area contributed by atoms with Gasteiger partial charge in [-0.2, -0.15) is 5.26 Å². The van der Waals surface area contributed by atoms with Crippen LogP contribution >= 0.6 is 23.2 Å². The van der Waals surface area contributed by atoms with E-state index in [9.17, 15) is 5.26 Å². The molecular weight excluding hydrogens is 415 g/mol. The Hall–Kier alpha value is -3.32. The van der Waals surface area contributed by atoms with Gasteiger partial charge in [-0.1, -0.05) is 89.9 Å². The molecule has 0 saturated heterocycles. The lowest BCUT2D eigenvalue weighted by atomic mass is 9.98. The van der Waals surface area contributed by atoms with Crippen LogP contribution in [-0.4, -0.2) is 5.71 Å². The number of benzene rings is 3. The van der Waals surface area contributed by atoms with Gasteiger partial charge in [0.15, 0.2) is 0 Å². The largest absolute Gasteiger partial charge is 0.436 e. The van der Waals surface area contributed by atoms with Gasteiger partial charge in [0, 0.05) is 16.8 Å². The number of hydrogen-bond donors (Lipinski definition) is 0. The fourth-order valence-electron chi connectivity index (χ4n) is 3.21. The number of rotatable bonds is 4. The molecule has 0 spiro atoms. The molecule has 0 radical (unpaired) electrons. The molecule has 0 amide bonds. The highest BCUT2D eigenvalue weighted by Crippen LogP contribution is 2.42. The molecular formula is C25H16Cl2N2O. The lowest BCUT2D eigenvalue weighted by Gasteiger charge is -2.03. The van der Waals surface area contributed by atoms with Crippen molar-refractivity contribution in [2.75, 3.05) is 0 Å². The fraction of sp³-hybridized carbons (Fsp3) is 0.0400. The zero-order valence-electron chi connectivity index (χ0n) is 16.1. The molecule has 0 fully saturated rings. The van der Waals surface area contributed by atoms with Crippen LogP contribution in [0.4, 0.5) is 5.88 Å². The van der Waals surface area contributed by atoms with E-state index in [-0.39, 0.29) is 5.88 Å².